The number of hydrogen-bond acceptors (Lipinski definition) is 5. The molecule has 0 unspecified atom stereocenters. The molecule has 0 aliphatic carbocycles. The van der Waals surface area contributed by atoms with Crippen molar-refractivity contribution in [2.24, 2.45) is 5.10 Å². The predicted octanol–water partition coefficient (Wildman–Crippen LogP) is 6.10. The van der Waals surface area contributed by atoms with Gasteiger partial charge in [-0.1, -0.05) is 60.7 Å². The van der Waals surface area contributed by atoms with Crippen LogP contribution in [0.25, 0.3) is 11.1 Å². The number of nitrogens with one attached hydrogen (secondary N) is 1. The zero-order valence-electron chi connectivity index (χ0n) is 20.3. The first kappa shape index (κ1) is 24.5. The molecular weight excluding hydrogens is 452 g/mol. The third kappa shape index (κ3) is 6.30. The molecule has 0 heterocycles. The predicted molar refractivity (Wildman–Crippen MR) is 142 cm³/mol. The largest absolute Gasteiger partial charge is 0.493 e. The lowest BCUT2D eigenvalue weighted by molar-refractivity contribution is 0.0955. The van der Waals surface area contributed by atoms with E-state index in [1.807, 2.05) is 73.7 Å². The van der Waals surface area contributed by atoms with E-state index in [4.69, 9.17) is 14.2 Å². The van der Waals surface area contributed by atoms with Gasteiger partial charge < -0.3 is 14.2 Å². The Labute approximate surface area is 211 Å². The third-order valence-electron chi connectivity index (χ3n) is 5.45. The molecule has 0 aliphatic heterocycles. The Hall–Kier alpha value is -4.58. The fourth-order valence-electron chi connectivity index (χ4n) is 3.63. The van der Waals surface area contributed by atoms with Crippen molar-refractivity contribution < 1.29 is 19.0 Å². The normalized spacial score (nSPS) is 10.7. The molecule has 0 radical (unpaired) electrons. The minimum absolute atomic E-state index is 0.300. The third-order valence-corrected chi connectivity index (χ3v) is 5.45. The first-order valence-corrected chi connectivity index (χ1v) is 11.7. The van der Waals surface area contributed by atoms with E-state index in [-0.39, 0.29) is 5.91 Å². The SMILES string of the molecule is CCOc1ccc(/C=N\NC(=O)c2ccc(COc3ccccc3-c3ccccc3)cc2)cc1OC. The Bertz CT molecular complexity index is 1320. The summed E-state index contributed by atoms with van der Waals surface area (Å²) in [4.78, 5) is 12.5. The molecule has 0 saturated heterocycles. The molecule has 6 nitrogen and oxygen atoms in total. The highest BCUT2D eigenvalue weighted by Gasteiger charge is 2.08. The number of amides is 1. The molecule has 6 heteroatoms. The Kier molecular flexibility index (Phi) is 8.33. The van der Waals surface area contributed by atoms with Crippen LogP contribution in [0.5, 0.6) is 17.2 Å². The molecular formula is C30H28N2O4. The summed E-state index contributed by atoms with van der Waals surface area (Å²) in [6.07, 6.45) is 1.56. The van der Waals surface area contributed by atoms with Crippen LogP contribution in [0.2, 0.25) is 0 Å². The Balaban J connectivity index is 1.34. The zero-order chi connectivity index (χ0) is 25.2. The van der Waals surface area contributed by atoms with Crippen molar-refractivity contribution in [2.75, 3.05) is 13.7 Å². The van der Waals surface area contributed by atoms with Crippen LogP contribution in [0.3, 0.4) is 0 Å². The minimum atomic E-state index is -0.300. The van der Waals surface area contributed by atoms with Crippen LogP contribution in [0.15, 0.2) is 102 Å². The molecule has 1 N–H and O–H groups in total. The summed E-state index contributed by atoms with van der Waals surface area (Å²) in [6, 6.07) is 30.8. The molecule has 4 aromatic rings. The quantitative estimate of drug-likeness (QED) is 0.220. The fraction of sp³-hybridized carbons (Fsp3) is 0.133. The van der Waals surface area contributed by atoms with E-state index in [0.29, 0.717) is 30.3 Å². The second kappa shape index (κ2) is 12.2. The highest BCUT2D eigenvalue weighted by molar-refractivity contribution is 5.95. The number of methoxy groups -OCH3 is 1. The summed E-state index contributed by atoms with van der Waals surface area (Å²) in [7, 11) is 1.58. The molecule has 0 spiro atoms. The number of carbonyl (C=O) groups is 1. The van der Waals surface area contributed by atoms with E-state index in [1.54, 1.807) is 31.5 Å². The van der Waals surface area contributed by atoms with E-state index in [2.05, 4.69) is 22.7 Å². The molecule has 36 heavy (non-hydrogen) atoms. The van der Waals surface area contributed by atoms with Gasteiger partial charge in [0.15, 0.2) is 11.5 Å². The second-order valence-corrected chi connectivity index (χ2v) is 7.89. The van der Waals surface area contributed by atoms with Gasteiger partial charge in [-0.25, -0.2) is 5.43 Å². The molecule has 0 aromatic heterocycles. The summed E-state index contributed by atoms with van der Waals surface area (Å²) < 4.78 is 16.9. The highest BCUT2D eigenvalue weighted by Crippen LogP contribution is 2.30. The Morgan fingerprint density at radius 3 is 2.33 bits per heavy atom. The van der Waals surface area contributed by atoms with Crippen molar-refractivity contribution in [2.45, 2.75) is 13.5 Å². The van der Waals surface area contributed by atoms with Crippen molar-refractivity contribution in [1.29, 1.82) is 0 Å². The van der Waals surface area contributed by atoms with Crippen molar-refractivity contribution in [1.82, 2.24) is 5.43 Å². The van der Waals surface area contributed by atoms with Gasteiger partial charge in [0.25, 0.3) is 5.91 Å². The monoisotopic (exact) mass is 480 g/mol. The molecule has 4 aromatic carbocycles. The summed E-state index contributed by atoms with van der Waals surface area (Å²) in [5.41, 5.74) is 6.93. The van der Waals surface area contributed by atoms with Gasteiger partial charge in [-0.05, 0) is 60.0 Å². The van der Waals surface area contributed by atoms with Gasteiger partial charge in [-0.3, -0.25) is 4.79 Å². The number of para-hydroxylation sites is 1. The number of carbonyl (C=O) groups excluding carboxylic acids is 1. The number of ether oxygens (including phenoxy) is 3. The van der Waals surface area contributed by atoms with E-state index in [0.717, 1.165) is 28.0 Å². The molecule has 0 saturated carbocycles. The lowest BCUT2D eigenvalue weighted by Gasteiger charge is -2.12. The van der Waals surface area contributed by atoms with Crippen LogP contribution >= 0.6 is 0 Å². The van der Waals surface area contributed by atoms with Gasteiger partial charge in [-0.2, -0.15) is 5.10 Å². The highest BCUT2D eigenvalue weighted by atomic mass is 16.5. The standard InChI is InChI=1S/C30H28N2O4/c1-3-35-28-18-15-23(19-29(28)34-2)20-31-32-30(33)25-16-13-22(14-17-25)21-36-27-12-8-7-11-26(27)24-9-5-4-6-10-24/h4-20H,3,21H2,1-2H3,(H,32,33)/b31-20-. The van der Waals surface area contributed by atoms with Crippen LogP contribution in [-0.2, 0) is 6.61 Å². The summed E-state index contributed by atoms with van der Waals surface area (Å²) in [6.45, 7) is 2.85. The van der Waals surface area contributed by atoms with Crippen LogP contribution < -0.4 is 19.6 Å². The average molecular weight is 481 g/mol. The number of nitrogens with zero attached hydrogens (tertiary/aromatic N) is 1. The maximum Gasteiger partial charge on any atom is 0.271 e. The molecule has 182 valence electrons. The Morgan fingerprint density at radius 2 is 1.58 bits per heavy atom. The van der Waals surface area contributed by atoms with E-state index in [1.165, 1.54) is 0 Å². The molecule has 0 atom stereocenters. The number of rotatable bonds is 10. The topological polar surface area (TPSA) is 69.2 Å². The number of benzene rings is 4. The van der Waals surface area contributed by atoms with Crippen molar-refractivity contribution in [3.8, 4) is 28.4 Å². The van der Waals surface area contributed by atoms with Gasteiger partial charge in [0.1, 0.15) is 12.4 Å². The van der Waals surface area contributed by atoms with E-state index in [9.17, 15) is 4.79 Å². The van der Waals surface area contributed by atoms with Crippen molar-refractivity contribution in [3.63, 3.8) is 0 Å². The molecule has 0 fully saturated rings. The first-order chi connectivity index (χ1) is 17.7. The first-order valence-electron chi connectivity index (χ1n) is 11.7. The lowest BCUT2D eigenvalue weighted by Crippen LogP contribution is -2.17. The summed E-state index contributed by atoms with van der Waals surface area (Å²) in [5, 5.41) is 4.06. The van der Waals surface area contributed by atoms with Crippen LogP contribution in [0.4, 0.5) is 0 Å². The van der Waals surface area contributed by atoms with Crippen LogP contribution in [-0.4, -0.2) is 25.8 Å². The fourth-order valence-corrected chi connectivity index (χ4v) is 3.63. The van der Waals surface area contributed by atoms with Gasteiger partial charge in [0, 0.05) is 11.1 Å². The molecule has 4 rings (SSSR count). The van der Waals surface area contributed by atoms with Gasteiger partial charge >= 0.3 is 0 Å². The molecule has 0 aliphatic rings. The van der Waals surface area contributed by atoms with Crippen LogP contribution in [0, 0.1) is 0 Å². The zero-order valence-corrected chi connectivity index (χ0v) is 20.3. The smallest absolute Gasteiger partial charge is 0.271 e. The van der Waals surface area contributed by atoms with Crippen LogP contribution in [0.1, 0.15) is 28.4 Å². The molecule has 1 amide bonds. The second-order valence-electron chi connectivity index (χ2n) is 7.89. The van der Waals surface area contributed by atoms with E-state index < -0.39 is 0 Å². The maximum atomic E-state index is 12.5. The van der Waals surface area contributed by atoms with E-state index >= 15 is 0 Å². The van der Waals surface area contributed by atoms with Gasteiger partial charge in [0.05, 0.1) is 19.9 Å². The summed E-state index contributed by atoms with van der Waals surface area (Å²) >= 11 is 0. The molecule has 0 bridgehead atoms. The van der Waals surface area contributed by atoms with Gasteiger partial charge in [0.2, 0.25) is 0 Å². The average Bonchev–Trinajstić information content (AvgIpc) is 2.93. The van der Waals surface area contributed by atoms with Crippen molar-refractivity contribution >= 4 is 12.1 Å². The van der Waals surface area contributed by atoms with Gasteiger partial charge in [-0.15, -0.1) is 0 Å². The maximum absolute atomic E-state index is 12.5. The van der Waals surface area contributed by atoms with Crippen molar-refractivity contribution in [3.05, 3.63) is 114 Å². The number of hydrazone groups is 1. The number of hydrogen-bond donors (Lipinski definition) is 1. The minimum Gasteiger partial charge on any atom is -0.493 e. The Morgan fingerprint density at radius 1 is 0.833 bits per heavy atom. The summed E-state index contributed by atoms with van der Waals surface area (Å²) in [5.74, 6) is 1.78. The lowest BCUT2D eigenvalue weighted by atomic mass is 10.0.